The summed E-state index contributed by atoms with van der Waals surface area (Å²) in [6, 6.07) is 14.2. The van der Waals surface area contributed by atoms with Crippen LogP contribution in [-0.2, 0) is 20.8 Å². The number of carbonyl (C=O) groups excluding carboxylic acids is 2. The monoisotopic (exact) mass is 726 g/mol. The molecule has 0 spiro atoms. The first-order valence-electron chi connectivity index (χ1n) is 15.9. The summed E-state index contributed by atoms with van der Waals surface area (Å²) in [5, 5.41) is 10.7. The second-order valence-corrected chi connectivity index (χ2v) is 15.6. The average molecular weight is 728 g/mol. The van der Waals surface area contributed by atoms with Crippen molar-refractivity contribution in [1.29, 1.82) is 0 Å². The number of hydrogen-bond donors (Lipinski definition) is 1. The Morgan fingerprint density at radius 2 is 1.60 bits per heavy atom. The predicted octanol–water partition coefficient (Wildman–Crippen LogP) is 7.41. The number of nitrogens with zero attached hydrogens (tertiary/aromatic N) is 2. The number of piperazine rings is 1. The zero-order valence-electron chi connectivity index (χ0n) is 28.3. The van der Waals surface area contributed by atoms with Gasteiger partial charge in [0.1, 0.15) is 17.1 Å². The summed E-state index contributed by atoms with van der Waals surface area (Å²) in [5.74, 6) is 1.49. The molecule has 2 bridgehead atoms. The van der Waals surface area contributed by atoms with E-state index in [4.69, 9.17) is 58.5 Å². The number of alkyl halides is 3. The molecule has 1 fully saturated rings. The summed E-state index contributed by atoms with van der Waals surface area (Å²) in [5.41, 5.74) is 1.19. The highest BCUT2D eigenvalue weighted by Gasteiger charge is 2.50. The molecule has 2 aromatic rings. The van der Waals surface area contributed by atoms with Gasteiger partial charge < -0.3 is 33.7 Å². The van der Waals surface area contributed by atoms with Crippen LogP contribution < -0.4 is 9.47 Å². The SMILES string of the molecule is COc1ccccc1COCCCOc1ccc(C2=C(CO)C3CN(C(=O)OC(C)(C)C)CC(C2)N3C(=O)OC(C)(C)C(Cl)(Cl)Cl)cc1. The summed E-state index contributed by atoms with van der Waals surface area (Å²) in [6.07, 6.45) is -0.154. The van der Waals surface area contributed by atoms with Crippen molar-refractivity contribution in [2.24, 2.45) is 0 Å². The average Bonchev–Trinajstić information content (AvgIpc) is 3.00. The number of methoxy groups -OCH3 is 1. The smallest absolute Gasteiger partial charge is 0.411 e. The van der Waals surface area contributed by atoms with Crippen molar-refractivity contribution >= 4 is 52.6 Å². The van der Waals surface area contributed by atoms with E-state index in [0.717, 1.165) is 22.4 Å². The molecule has 48 heavy (non-hydrogen) atoms. The quantitative estimate of drug-likeness (QED) is 0.189. The Hall–Kier alpha value is -2.89. The fourth-order valence-corrected chi connectivity index (χ4v) is 5.79. The molecule has 0 aromatic heterocycles. The van der Waals surface area contributed by atoms with E-state index in [1.54, 1.807) is 37.7 Å². The van der Waals surface area contributed by atoms with Gasteiger partial charge in [-0.1, -0.05) is 65.1 Å². The molecular weight excluding hydrogens is 683 g/mol. The van der Waals surface area contributed by atoms with Crippen LogP contribution in [0.15, 0.2) is 54.1 Å². The van der Waals surface area contributed by atoms with Crippen LogP contribution in [0, 0.1) is 0 Å². The van der Waals surface area contributed by atoms with E-state index in [0.29, 0.717) is 44.0 Å². The third-order valence-corrected chi connectivity index (χ3v) is 9.56. The number of para-hydroxylation sites is 1. The highest BCUT2D eigenvalue weighted by Crippen LogP contribution is 2.43. The molecule has 2 aromatic carbocycles. The van der Waals surface area contributed by atoms with Crippen molar-refractivity contribution in [3.8, 4) is 11.5 Å². The lowest BCUT2D eigenvalue weighted by Gasteiger charge is -2.51. The van der Waals surface area contributed by atoms with Gasteiger partial charge in [-0.25, -0.2) is 9.59 Å². The van der Waals surface area contributed by atoms with E-state index >= 15 is 0 Å². The summed E-state index contributed by atoms with van der Waals surface area (Å²) in [4.78, 5) is 29.9. The molecule has 1 saturated heterocycles. The number of ether oxygens (including phenoxy) is 5. The molecular formula is C35H45Cl3N2O8. The molecule has 1 N–H and O–H groups in total. The number of aliphatic hydroxyl groups excluding tert-OH is 1. The lowest BCUT2D eigenvalue weighted by Crippen LogP contribution is -2.65. The Balaban J connectivity index is 1.46. The third-order valence-electron chi connectivity index (χ3n) is 8.20. The molecule has 264 valence electrons. The fraction of sp³-hybridized carbons (Fsp3) is 0.543. The van der Waals surface area contributed by atoms with Crippen LogP contribution in [0.25, 0.3) is 5.57 Å². The maximum atomic E-state index is 13.7. The van der Waals surface area contributed by atoms with Gasteiger partial charge in [-0.3, -0.25) is 4.90 Å². The zero-order chi connectivity index (χ0) is 35.3. The first-order valence-corrected chi connectivity index (χ1v) is 17.0. The molecule has 0 aliphatic carbocycles. The predicted molar refractivity (Wildman–Crippen MR) is 186 cm³/mol. The van der Waals surface area contributed by atoms with Gasteiger partial charge in [0.25, 0.3) is 0 Å². The molecule has 2 unspecified atom stereocenters. The van der Waals surface area contributed by atoms with Crippen LogP contribution in [0.5, 0.6) is 11.5 Å². The van der Waals surface area contributed by atoms with Crippen molar-refractivity contribution in [1.82, 2.24) is 9.80 Å². The van der Waals surface area contributed by atoms with E-state index in [2.05, 4.69) is 0 Å². The van der Waals surface area contributed by atoms with Crippen LogP contribution in [0.4, 0.5) is 9.59 Å². The lowest BCUT2D eigenvalue weighted by atomic mass is 9.82. The second kappa shape index (κ2) is 15.8. The summed E-state index contributed by atoms with van der Waals surface area (Å²) >= 11 is 18.3. The largest absolute Gasteiger partial charge is 0.496 e. The highest BCUT2D eigenvalue weighted by molar-refractivity contribution is 6.68. The topological polar surface area (TPSA) is 107 Å². The van der Waals surface area contributed by atoms with Gasteiger partial charge >= 0.3 is 12.2 Å². The normalized spacial score (nSPS) is 18.5. The van der Waals surface area contributed by atoms with Crippen molar-refractivity contribution in [3.63, 3.8) is 0 Å². The number of fused-ring (bicyclic) bond motifs is 2. The number of amides is 2. The van der Waals surface area contributed by atoms with Gasteiger partial charge in [0.15, 0.2) is 5.60 Å². The molecule has 10 nitrogen and oxygen atoms in total. The van der Waals surface area contributed by atoms with Crippen LogP contribution in [0.1, 0.15) is 58.6 Å². The summed E-state index contributed by atoms with van der Waals surface area (Å²) in [6.45, 7) is 9.80. The third kappa shape index (κ3) is 9.41. The Bertz CT molecular complexity index is 1450. The Kier molecular flexibility index (Phi) is 12.5. The Labute approximate surface area is 297 Å². The number of benzene rings is 2. The van der Waals surface area contributed by atoms with Crippen LogP contribution in [-0.4, -0.2) is 94.2 Å². The van der Waals surface area contributed by atoms with Crippen molar-refractivity contribution < 1.29 is 38.4 Å². The maximum absolute atomic E-state index is 13.7. The summed E-state index contributed by atoms with van der Waals surface area (Å²) < 4.78 is 26.6. The minimum Gasteiger partial charge on any atom is -0.496 e. The molecule has 2 atom stereocenters. The van der Waals surface area contributed by atoms with Gasteiger partial charge in [-0.05, 0) is 75.9 Å². The van der Waals surface area contributed by atoms with Crippen LogP contribution in [0.3, 0.4) is 0 Å². The lowest BCUT2D eigenvalue weighted by molar-refractivity contribution is -0.0328. The van der Waals surface area contributed by atoms with Crippen molar-refractivity contribution in [2.45, 2.75) is 81.1 Å². The van der Waals surface area contributed by atoms with E-state index in [9.17, 15) is 14.7 Å². The highest BCUT2D eigenvalue weighted by atomic mass is 35.6. The number of aliphatic hydroxyl groups is 1. The van der Waals surface area contributed by atoms with Gasteiger partial charge in [0.05, 0.1) is 45.6 Å². The molecule has 2 aliphatic heterocycles. The molecule has 0 radical (unpaired) electrons. The molecule has 2 aliphatic rings. The molecule has 2 heterocycles. The zero-order valence-corrected chi connectivity index (χ0v) is 30.5. The van der Waals surface area contributed by atoms with Crippen molar-refractivity contribution in [3.05, 3.63) is 65.2 Å². The first kappa shape index (κ1) is 37.9. The second-order valence-electron chi connectivity index (χ2n) is 13.3. The fourth-order valence-electron chi connectivity index (χ4n) is 5.67. The first-order chi connectivity index (χ1) is 22.5. The maximum Gasteiger partial charge on any atom is 0.411 e. The van der Waals surface area contributed by atoms with Gasteiger partial charge in [0.2, 0.25) is 3.79 Å². The summed E-state index contributed by atoms with van der Waals surface area (Å²) in [7, 11) is 1.64. The van der Waals surface area contributed by atoms with E-state index in [1.165, 1.54) is 13.8 Å². The van der Waals surface area contributed by atoms with Crippen molar-refractivity contribution in [2.75, 3.05) is 40.0 Å². The van der Waals surface area contributed by atoms with Gasteiger partial charge in [-0.2, -0.15) is 0 Å². The van der Waals surface area contributed by atoms with Gasteiger partial charge in [-0.15, -0.1) is 0 Å². The standard InChI is InChI=1S/C35H45Cl3N2O8/c1-33(2,3)47-31(42)39-19-25-18-27(28(21-41)29(20-39)40(25)32(43)48-34(4,5)35(36,37)38)23-12-14-26(15-13-23)46-17-9-16-45-22-24-10-7-8-11-30(24)44-6/h7-8,10-15,25,29,41H,9,16-22H2,1-6H3. The minimum absolute atomic E-state index is 0.0917. The molecule has 13 heteroatoms. The van der Waals surface area contributed by atoms with E-state index in [-0.39, 0.29) is 19.7 Å². The van der Waals surface area contributed by atoms with E-state index in [1.807, 2.05) is 48.5 Å². The molecule has 4 rings (SSSR count). The van der Waals surface area contributed by atoms with Crippen LogP contribution >= 0.6 is 34.8 Å². The molecule has 2 amide bonds. The van der Waals surface area contributed by atoms with E-state index < -0.39 is 39.3 Å². The number of rotatable bonds is 11. The number of carbonyl (C=O) groups is 2. The Morgan fingerprint density at radius 1 is 0.917 bits per heavy atom. The minimum atomic E-state index is -1.88. The van der Waals surface area contributed by atoms with Gasteiger partial charge in [0, 0.05) is 25.1 Å². The Morgan fingerprint density at radius 3 is 2.23 bits per heavy atom. The number of hydrogen-bond acceptors (Lipinski definition) is 8. The van der Waals surface area contributed by atoms with Crippen LogP contribution in [0.2, 0.25) is 0 Å². The molecule has 0 saturated carbocycles. The number of halogens is 3.